The first-order valence-corrected chi connectivity index (χ1v) is 3.57. The van der Waals surface area contributed by atoms with Crippen LogP contribution < -0.4 is 5.73 Å². The summed E-state index contributed by atoms with van der Waals surface area (Å²) in [6.45, 7) is 1.44. The van der Waals surface area contributed by atoms with E-state index in [0.29, 0.717) is 0 Å². The molecule has 2 atom stereocenters. The number of hydrogen-bond acceptors (Lipinski definition) is 4. The number of nitrogens with two attached hydrogens (primary N) is 1. The van der Waals surface area contributed by atoms with Gasteiger partial charge in [-0.15, -0.1) is 0 Å². The lowest BCUT2D eigenvalue weighted by Crippen LogP contribution is -2.20. The molecule has 0 aromatic heterocycles. The van der Waals surface area contributed by atoms with Crippen LogP contribution in [0, 0.1) is 0 Å². The fourth-order valence-corrected chi connectivity index (χ4v) is 0.788. The summed E-state index contributed by atoms with van der Waals surface area (Å²) in [6, 6.07) is 0. The van der Waals surface area contributed by atoms with Gasteiger partial charge in [-0.05, 0) is 6.92 Å². The average molecular weight is 166 g/mol. The minimum Gasteiger partial charge on any atom is -0.750 e. The normalized spacial score (nSPS) is 16.2. The number of primary amides is 1. The molecule has 0 aliphatic carbocycles. The molecule has 0 aromatic carbocycles. The lowest BCUT2D eigenvalue weighted by molar-refractivity contribution is -0.119. The van der Waals surface area contributed by atoms with E-state index < -0.39 is 23.4 Å². The number of carbonyl (C=O) groups is 1. The summed E-state index contributed by atoms with van der Waals surface area (Å²) in [7, 11) is 0. The maximum atomic E-state index is 10.1. The van der Waals surface area contributed by atoms with E-state index in [1.165, 1.54) is 6.92 Å². The highest BCUT2D eigenvalue weighted by Gasteiger charge is 2.05. The Kier molecular flexibility index (Phi) is 4.17. The van der Waals surface area contributed by atoms with Gasteiger partial charge >= 0.3 is 0 Å². The number of rotatable bonds is 4. The minimum absolute atomic E-state index is 0.0893. The number of carbonyl (C=O) groups excluding carboxylic acids is 1. The van der Waals surface area contributed by atoms with Crippen LogP contribution >= 0.6 is 0 Å². The van der Waals surface area contributed by atoms with Crippen molar-refractivity contribution in [3.05, 3.63) is 0 Å². The van der Waals surface area contributed by atoms with E-state index in [4.69, 9.17) is 5.73 Å². The first kappa shape index (κ1) is 9.54. The van der Waals surface area contributed by atoms with Crippen molar-refractivity contribution >= 4 is 17.3 Å². The fraction of sp³-hybridized carbons (Fsp3) is 0.750. The zero-order valence-corrected chi connectivity index (χ0v) is 6.22. The van der Waals surface area contributed by atoms with Gasteiger partial charge in [0.25, 0.3) is 0 Å². The van der Waals surface area contributed by atoms with Gasteiger partial charge in [0.2, 0.25) is 5.91 Å². The molecule has 60 valence electrons. The highest BCUT2D eigenvalue weighted by molar-refractivity contribution is 7.74. The summed E-state index contributed by atoms with van der Waals surface area (Å²) >= 11 is -2.57. The van der Waals surface area contributed by atoms with Gasteiger partial charge in [-0.25, -0.2) is 4.21 Å². The van der Waals surface area contributed by atoms with Crippen LogP contribution in [0.25, 0.3) is 0 Å². The number of amides is 1. The topological polar surface area (TPSA) is 92.5 Å². The Morgan fingerprint density at radius 2 is 2.40 bits per heavy atom. The summed E-state index contributed by atoms with van der Waals surface area (Å²) < 4.78 is 23.8. The van der Waals surface area contributed by atoms with Gasteiger partial charge in [0, 0.05) is 0 Å². The van der Waals surface area contributed by atoms with E-state index in [-0.39, 0.29) is 6.42 Å². The van der Waals surface area contributed by atoms with Gasteiger partial charge in [-0.2, -0.15) is 0 Å². The SMILES string of the molecule is CC(CC(N)=O)OS(=O)[O-]. The van der Waals surface area contributed by atoms with E-state index in [0.717, 1.165) is 0 Å². The molecular formula is C4H8NO4S-. The quantitative estimate of drug-likeness (QED) is 0.545. The Bertz CT molecular complexity index is 132. The molecule has 0 radical (unpaired) electrons. The van der Waals surface area contributed by atoms with Crippen LogP contribution in [0.4, 0.5) is 0 Å². The smallest absolute Gasteiger partial charge is 0.220 e. The molecule has 0 saturated heterocycles. The summed E-state index contributed by atoms with van der Waals surface area (Å²) in [4.78, 5) is 10.1. The predicted molar refractivity (Wildman–Crippen MR) is 33.3 cm³/mol. The van der Waals surface area contributed by atoms with Crippen LogP contribution in [0.1, 0.15) is 13.3 Å². The molecule has 10 heavy (non-hydrogen) atoms. The van der Waals surface area contributed by atoms with E-state index in [1.807, 2.05) is 0 Å². The zero-order valence-electron chi connectivity index (χ0n) is 5.40. The first-order chi connectivity index (χ1) is 4.52. The van der Waals surface area contributed by atoms with Gasteiger partial charge in [0.15, 0.2) is 0 Å². The van der Waals surface area contributed by atoms with Crippen molar-refractivity contribution in [2.45, 2.75) is 19.4 Å². The highest BCUT2D eigenvalue weighted by atomic mass is 32.2. The Labute approximate surface area is 61.0 Å². The van der Waals surface area contributed by atoms with E-state index >= 15 is 0 Å². The van der Waals surface area contributed by atoms with Crippen molar-refractivity contribution < 1.29 is 17.7 Å². The molecular weight excluding hydrogens is 158 g/mol. The third-order valence-corrected chi connectivity index (χ3v) is 1.22. The first-order valence-electron chi connectivity index (χ1n) is 2.57. The van der Waals surface area contributed by atoms with Gasteiger partial charge in [-0.3, -0.25) is 8.98 Å². The predicted octanol–water partition coefficient (Wildman–Crippen LogP) is -0.939. The summed E-state index contributed by atoms with van der Waals surface area (Å²) in [5.41, 5.74) is 4.75. The molecule has 0 aromatic rings. The van der Waals surface area contributed by atoms with Crippen molar-refractivity contribution in [1.29, 1.82) is 0 Å². The van der Waals surface area contributed by atoms with E-state index in [2.05, 4.69) is 4.18 Å². The second-order valence-corrected chi connectivity index (χ2v) is 2.38. The third-order valence-electron chi connectivity index (χ3n) is 0.731. The maximum absolute atomic E-state index is 10.1. The molecule has 0 spiro atoms. The molecule has 0 fully saturated rings. The van der Waals surface area contributed by atoms with Crippen molar-refractivity contribution in [1.82, 2.24) is 0 Å². The van der Waals surface area contributed by atoms with Gasteiger partial charge < -0.3 is 10.3 Å². The van der Waals surface area contributed by atoms with Crippen LogP contribution in [-0.2, 0) is 20.3 Å². The monoisotopic (exact) mass is 166 g/mol. The molecule has 6 heteroatoms. The highest BCUT2D eigenvalue weighted by Crippen LogP contribution is 1.96. The maximum Gasteiger partial charge on any atom is 0.220 e. The Morgan fingerprint density at radius 1 is 1.90 bits per heavy atom. The lowest BCUT2D eigenvalue weighted by atomic mass is 10.3. The van der Waals surface area contributed by atoms with Crippen molar-refractivity contribution in [2.75, 3.05) is 0 Å². The van der Waals surface area contributed by atoms with Crippen LogP contribution in [0.15, 0.2) is 0 Å². The number of hydrogen-bond donors (Lipinski definition) is 1. The molecule has 0 heterocycles. The summed E-state index contributed by atoms with van der Waals surface area (Å²) in [6.07, 6.45) is -0.760. The molecule has 0 aliphatic heterocycles. The fourth-order valence-electron chi connectivity index (χ4n) is 0.451. The van der Waals surface area contributed by atoms with Crippen molar-refractivity contribution in [3.63, 3.8) is 0 Å². The van der Waals surface area contributed by atoms with Gasteiger partial charge in [0.05, 0.1) is 23.9 Å². The minimum atomic E-state index is -2.57. The zero-order chi connectivity index (χ0) is 8.15. The molecule has 0 bridgehead atoms. The largest absolute Gasteiger partial charge is 0.750 e. The average Bonchev–Trinajstić information content (AvgIpc) is 1.58. The van der Waals surface area contributed by atoms with E-state index in [1.54, 1.807) is 0 Å². The van der Waals surface area contributed by atoms with Crippen molar-refractivity contribution in [3.8, 4) is 0 Å². The van der Waals surface area contributed by atoms with Crippen LogP contribution in [0.2, 0.25) is 0 Å². The molecule has 2 unspecified atom stereocenters. The standard InChI is InChI=1S/C4H9NO4S/c1-3(2-4(5)6)9-10(7)8/h3H,2H2,1H3,(H2,5,6)(H,7,8)/p-1. The molecule has 5 nitrogen and oxygen atoms in total. The van der Waals surface area contributed by atoms with Crippen LogP contribution in [0.3, 0.4) is 0 Å². The molecule has 0 saturated carbocycles. The van der Waals surface area contributed by atoms with Gasteiger partial charge in [-0.1, -0.05) is 0 Å². The summed E-state index contributed by atoms with van der Waals surface area (Å²) in [5.74, 6) is -0.585. The van der Waals surface area contributed by atoms with Crippen LogP contribution in [-0.4, -0.2) is 20.8 Å². The molecule has 2 N–H and O–H groups in total. The second-order valence-electron chi connectivity index (χ2n) is 1.78. The van der Waals surface area contributed by atoms with E-state index in [9.17, 15) is 13.6 Å². The third kappa shape index (κ3) is 5.67. The van der Waals surface area contributed by atoms with Crippen LogP contribution in [0.5, 0.6) is 0 Å². The molecule has 0 rings (SSSR count). The Morgan fingerprint density at radius 3 is 2.70 bits per heavy atom. The van der Waals surface area contributed by atoms with Gasteiger partial charge in [0.1, 0.15) is 0 Å². The molecule has 1 amide bonds. The Balaban J connectivity index is 3.53. The second kappa shape index (κ2) is 4.37. The molecule has 0 aliphatic rings. The summed E-state index contributed by atoms with van der Waals surface area (Å²) in [5, 5.41) is 0. The Hall–Kier alpha value is -0.460. The lowest BCUT2D eigenvalue weighted by Gasteiger charge is -2.11. The van der Waals surface area contributed by atoms with Crippen molar-refractivity contribution in [2.24, 2.45) is 5.73 Å².